The van der Waals surface area contributed by atoms with E-state index in [-0.39, 0.29) is 33.3 Å². The molecule has 21 heavy (non-hydrogen) atoms. The molecule has 0 aromatic heterocycles. The summed E-state index contributed by atoms with van der Waals surface area (Å²) in [5.41, 5.74) is 0.623. The number of nitrogens with zero attached hydrogens (tertiary/aromatic N) is 1. The van der Waals surface area contributed by atoms with E-state index in [4.69, 9.17) is 4.74 Å². The lowest BCUT2D eigenvalue weighted by Crippen LogP contribution is -2.34. The summed E-state index contributed by atoms with van der Waals surface area (Å²) in [4.78, 5) is 27.0. The standard InChI is InChI=1S/C15H15Br2NO3/c1-21-9-4-2-8(3-5-9)18-14(19)10-6-12(16)13(17)7-11(10)15(18)20/h2-5,10-13H,6-7H2,1H3/t10-,11-,12+,13+/m1/s1. The second-order valence-electron chi connectivity index (χ2n) is 5.43. The molecule has 2 amide bonds. The van der Waals surface area contributed by atoms with Gasteiger partial charge in [0.25, 0.3) is 0 Å². The average molecular weight is 417 g/mol. The highest BCUT2D eigenvalue weighted by Gasteiger charge is 2.52. The van der Waals surface area contributed by atoms with Crippen LogP contribution in [0.3, 0.4) is 0 Å². The van der Waals surface area contributed by atoms with E-state index in [0.29, 0.717) is 24.3 Å². The number of anilines is 1. The highest BCUT2D eigenvalue weighted by Crippen LogP contribution is 2.44. The van der Waals surface area contributed by atoms with Gasteiger partial charge >= 0.3 is 0 Å². The minimum atomic E-state index is -0.210. The number of ether oxygens (including phenoxy) is 1. The van der Waals surface area contributed by atoms with E-state index in [1.807, 2.05) is 0 Å². The fourth-order valence-corrected chi connectivity index (χ4v) is 4.32. The molecule has 1 saturated heterocycles. The van der Waals surface area contributed by atoms with Gasteiger partial charge in [-0.1, -0.05) is 31.9 Å². The Hall–Kier alpha value is -0.880. The molecule has 3 rings (SSSR count). The normalized spacial score (nSPS) is 32.2. The molecule has 112 valence electrons. The zero-order valence-corrected chi connectivity index (χ0v) is 14.6. The van der Waals surface area contributed by atoms with Gasteiger partial charge < -0.3 is 4.74 Å². The Bertz CT molecular complexity index is 547. The van der Waals surface area contributed by atoms with Gasteiger partial charge in [0, 0.05) is 9.65 Å². The molecule has 1 saturated carbocycles. The molecule has 4 atom stereocenters. The first kappa shape index (κ1) is 15.0. The van der Waals surface area contributed by atoms with E-state index in [2.05, 4.69) is 31.9 Å². The lowest BCUT2D eigenvalue weighted by atomic mass is 9.81. The maximum absolute atomic E-state index is 12.6. The molecular formula is C15H15Br2NO3. The first-order valence-corrected chi connectivity index (χ1v) is 8.66. The van der Waals surface area contributed by atoms with E-state index < -0.39 is 0 Å². The van der Waals surface area contributed by atoms with Crippen molar-refractivity contribution in [3.8, 4) is 5.75 Å². The van der Waals surface area contributed by atoms with Crippen molar-refractivity contribution in [1.82, 2.24) is 0 Å². The number of hydrogen-bond donors (Lipinski definition) is 0. The Morgan fingerprint density at radius 1 is 1.00 bits per heavy atom. The Morgan fingerprint density at radius 3 is 1.90 bits per heavy atom. The molecule has 1 aliphatic heterocycles. The van der Waals surface area contributed by atoms with Crippen LogP contribution in [0.1, 0.15) is 12.8 Å². The van der Waals surface area contributed by atoms with Crippen molar-refractivity contribution in [2.24, 2.45) is 11.8 Å². The second-order valence-corrected chi connectivity index (χ2v) is 7.78. The minimum Gasteiger partial charge on any atom is -0.497 e. The molecular weight excluding hydrogens is 402 g/mol. The second kappa shape index (κ2) is 5.72. The van der Waals surface area contributed by atoms with Gasteiger partial charge in [-0.15, -0.1) is 0 Å². The monoisotopic (exact) mass is 415 g/mol. The number of alkyl halides is 2. The molecule has 2 aliphatic rings. The van der Waals surface area contributed by atoms with Crippen molar-refractivity contribution >= 4 is 49.4 Å². The summed E-state index contributed by atoms with van der Waals surface area (Å²) in [7, 11) is 1.59. The van der Waals surface area contributed by atoms with Gasteiger partial charge in [0.2, 0.25) is 11.8 Å². The molecule has 1 heterocycles. The molecule has 0 unspecified atom stereocenters. The van der Waals surface area contributed by atoms with Gasteiger partial charge in [-0.3, -0.25) is 14.5 Å². The van der Waals surface area contributed by atoms with Crippen LogP contribution < -0.4 is 9.64 Å². The maximum Gasteiger partial charge on any atom is 0.237 e. The SMILES string of the molecule is COc1ccc(N2C(=O)[C@@H]3C[C@H](Br)[C@@H](Br)C[C@H]3C2=O)cc1. The fraction of sp³-hybridized carbons (Fsp3) is 0.467. The molecule has 1 aromatic carbocycles. The predicted molar refractivity (Wildman–Crippen MR) is 87.1 cm³/mol. The van der Waals surface area contributed by atoms with E-state index >= 15 is 0 Å². The quantitative estimate of drug-likeness (QED) is 0.549. The fourth-order valence-electron chi connectivity index (χ4n) is 3.08. The first-order chi connectivity index (χ1) is 10.0. The summed E-state index contributed by atoms with van der Waals surface area (Å²) in [5, 5.41) is 0. The van der Waals surface area contributed by atoms with E-state index in [1.54, 1.807) is 31.4 Å². The minimum absolute atomic E-state index is 0.0842. The number of benzene rings is 1. The summed E-state index contributed by atoms with van der Waals surface area (Å²) in [6.07, 6.45) is 1.38. The van der Waals surface area contributed by atoms with Crippen LogP contribution in [-0.2, 0) is 9.59 Å². The van der Waals surface area contributed by atoms with E-state index in [0.717, 1.165) is 0 Å². The summed E-state index contributed by atoms with van der Waals surface area (Å²) in [5.74, 6) is 0.116. The number of carbonyl (C=O) groups excluding carboxylic acids is 2. The molecule has 1 aromatic rings. The van der Waals surface area contributed by atoms with Crippen molar-refractivity contribution in [2.75, 3.05) is 12.0 Å². The van der Waals surface area contributed by atoms with E-state index in [9.17, 15) is 9.59 Å². The lowest BCUT2D eigenvalue weighted by molar-refractivity contribution is -0.122. The van der Waals surface area contributed by atoms with Crippen molar-refractivity contribution in [3.63, 3.8) is 0 Å². The summed E-state index contributed by atoms with van der Waals surface area (Å²) >= 11 is 7.17. The third-order valence-corrected chi connectivity index (χ3v) is 6.98. The van der Waals surface area contributed by atoms with Crippen LogP contribution in [0, 0.1) is 11.8 Å². The number of rotatable bonds is 2. The number of amides is 2. The Morgan fingerprint density at radius 2 is 1.48 bits per heavy atom. The molecule has 0 N–H and O–H groups in total. The molecule has 1 aliphatic carbocycles. The molecule has 0 radical (unpaired) electrons. The van der Waals surface area contributed by atoms with E-state index in [1.165, 1.54) is 4.90 Å². The molecule has 2 fully saturated rings. The molecule has 6 heteroatoms. The Balaban J connectivity index is 1.89. The Kier molecular flexibility index (Phi) is 4.10. The number of methoxy groups -OCH3 is 1. The highest BCUT2D eigenvalue weighted by molar-refractivity contribution is 9.12. The Labute approximate surface area is 140 Å². The predicted octanol–water partition coefficient (Wildman–Crippen LogP) is 3.12. The van der Waals surface area contributed by atoms with Crippen molar-refractivity contribution in [2.45, 2.75) is 22.5 Å². The maximum atomic E-state index is 12.6. The highest BCUT2D eigenvalue weighted by atomic mass is 79.9. The molecule has 0 spiro atoms. The van der Waals surface area contributed by atoms with Gasteiger partial charge in [-0.2, -0.15) is 0 Å². The third-order valence-electron chi connectivity index (χ3n) is 4.24. The lowest BCUT2D eigenvalue weighted by Gasteiger charge is -2.29. The van der Waals surface area contributed by atoms with Crippen LogP contribution in [0.2, 0.25) is 0 Å². The summed E-state index contributed by atoms with van der Waals surface area (Å²) in [6, 6.07) is 7.03. The van der Waals surface area contributed by atoms with Crippen LogP contribution in [-0.4, -0.2) is 28.6 Å². The summed E-state index contributed by atoms with van der Waals surface area (Å²) < 4.78 is 5.11. The summed E-state index contributed by atoms with van der Waals surface area (Å²) in [6.45, 7) is 0. The largest absolute Gasteiger partial charge is 0.497 e. The zero-order chi connectivity index (χ0) is 15.1. The average Bonchev–Trinajstić information content (AvgIpc) is 2.72. The topological polar surface area (TPSA) is 46.6 Å². The van der Waals surface area contributed by atoms with Crippen LogP contribution in [0.15, 0.2) is 24.3 Å². The van der Waals surface area contributed by atoms with Gasteiger partial charge in [-0.05, 0) is 37.1 Å². The molecule has 0 bridgehead atoms. The number of hydrogen-bond acceptors (Lipinski definition) is 3. The van der Waals surface area contributed by atoms with Crippen molar-refractivity contribution < 1.29 is 14.3 Å². The van der Waals surface area contributed by atoms with Gasteiger partial charge in [0.05, 0.1) is 24.6 Å². The van der Waals surface area contributed by atoms with Crippen molar-refractivity contribution in [3.05, 3.63) is 24.3 Å². The number of fused-ring (bicyclic) bond motifs is 1. The third kappa shape index (κ3) is 2.52. The van der Waals surface area contributed by atoms with Crippen molar-refractivity contribution in [1.29, 1.82) is 0 Å². The zero-order valence-electron chi connectivity index (χ0n) is 11.5. The van der Waals surface area contributed by atoms with Crippen LogP contribution in [0.25, 0.3) is 0 Å². The van der Waals surface area contributed by atoms with Crippen LogP contribution >= 0.6 is 31.9 Å². The van der Waals surface area contributed by atoms with Gasteiger partial charge in [-0.25, -0.2) is 0 Å². The number of halogens is 2. The van der Waals surface area contributed by atoms with Crippen LogP contribution in [0.4, 0.5) is 5.69 Å². The molecule has 4 nitrogen and oxygen atoms in total. The van der Waals surface area contributed by atoms with Gasteiger partial charge in [0.15, 0.2) is 0 Å². The first-order valence-electron chi connectivity index (χ1n) is 6.83. The van der Waals surface area contributed by atoms with Crippen LogP contribution in [0.5, 0.6) is 5.75 Å². The number of carbonyl (C=O) groups is 2. The number of imide groups is 1. The smallest absolute Gasteiger partial charge is 0.237 e. The van der Waals surface area contributed by atoms with Gasteiger partial charge in [0.1, 0.15) is 5.75 Å².